The minimum Gasteiger partial charge on any atom is -0.465 e. The van der Waals surface area contributed by atoms with Gasteiger partial charge in [0.25, 0.3) is 0 Å². The second kappa shape index (κ2) is 6.59. The number of hydrogen-bond donors (Lipinski definition) is 1. The molecule has 0 aliphatic carbocycles. The lowest BCUT2D eigenvalue weighted by atomic mass is 10.1. The SMILES string of the molecule is COC(=O)c1ccc(NCc2ccc(Cl)cc2F)c(C)c1. The molecule has 0 bridgehead atoms. The van der Waals surface area contributed by atoms with Gasteiger partial charge in [-0.25, -0.2) is 9.18 Å². The molecule has 2 aromatic carbocycles. The molecule has 110 valence electrons. The van der Waals surface area contributed by atoms with Crippen molar-refractivity contribution in [2.75, 3.05) is 12.4 Å². The zero-order valence-corrected chi connectivity index (χ0v) is 12.5. The van der Waals surface area contributed by atoms with Crippen molar-refractivity contribution in [2.45, 2.75) is 13.5 Å². The summed E-state index contributed by atoms with van der Waals surface area (Å²) in [4.78, 5) is 11.4. The molecule has 0 radical (unpaired) electrons. The molecule has 5 heteroatoms. The van der Waals surface area contributed by atoms with Crippen LogP contribution in [0, 0.1) is 12.7 Å². The largest absolute Gasteiger partial charge is 0.465 e. The standard InChI is InChI=1S/C16H15ClFNO2/c1-10-7-11(16(20)21-2)4-6-15(10)19-9-12-3-5-13(17)8-14(12)18/h3-8,19H,9H2,1-2H3. The van der Waals surface area contributed by atoms with Gasteiger partial charge in [0.2, 0.25) is 0 Å². The van der Waals surface area contributed by atoms with Crippen LogP contribution in [0.3, 0.4) is 0 Å². The van der Waals surface area contributed by atoms with Crippen molar-refractivity contribution < 1.29 is 13.9 Å². The molecule has 2 aromatic rings. The fraction of sp³-hybridized carbons (Fsp3) is 0.188. The Bertz CT molecular complexity index is 673. The maximum absolute atomic E-state index is 13.7. The van der Waals surface area contributed by atoms with Gasteiger partial charge in [-0.15, -0.1) is 0 Å². The minimum atomic E-state index is -0.381. The number of ether oxygens (including phenoxy) is 1. The van der Waals surface area contributed by atoms with E-state index >= 15 is 0 Å². The fourth-order valence-corrected chi connectivity index (χ4v) is 2.12. The molecule has 0 amide bonds. The highest BCUT2D eigenvalue weighted by atomic mass is 35.5. The van der Waals surface area contributed by atoms with E-state index in [1.807, 2.05) is 6.92 Å². The molecular weight excluding hydrogens is 293 g/mol. The molecule has 0 saturated carbocycles. The number of carbonyl (C=O) groups is 1. The first-order valence-electron chi connectivity index (χ1n) is 6.38. The Morgan fingerprint density at radius 1 is 1.29 bits per heavy atom. The molecule has 0 aliphatic heterocycles. The average molecular weight is 308 g/mol. The Morgan fingerprint density at radius 2 is 2.05 bits per heavy atom. The van der Waals surface area contributed by atoms with Gasteiger partial charge in [0.05, 0.1) is 12.7 Å². The average Bonchev–Trinajstić information content (AvgIpc) is 2.46. The first-order chi connectivity index (χ1) is 10.0. The van der Waals surface area contributed by atoms with Crippen molar-refractivity contribution in [3.8, 4) is 0 Å². The summed E-state index contributed by atoms with van der Waals surface area (Å²) in [6.07, 6.45) is 0. The predicted octanol–water partition coefficient (Wildman–Crippen LogP) is 4.19. The number of hydrogen-bond acceptors (Lipinski definition) is 3. The first-order valence-corrected chi connectivity index (χ1v) is 6.76. The molecule has 0 fully saturated rings. The minimum absolute atomic E-state index is 0.335. The van der Waals surface area contributed by atoms with Gasteiger partial charge in [-0.05, 0) is 42.8 Å². The van der Waals surface area contributed by atoms with E-state index in [4.69, 9.17) is 11.6 Å². The van der Waals surface area contributed by atoms with Crippen molar-refractivity contribution in [3.05, 3.63) is 63.9 Å². The predicted molar refractivity (Wildman–Crippen MR) is 81.3 cm³/mol. The summed E-state index contributed by atoms with van der Waals surface area (Å²) in [6, 6.07) is 9.74. The summed E-state index contributed by atoms with van der Waals surface area (Å²) >= 11 is 5.72. The van der Waals surface area contributed by atoms with Gasteiger partial charge in [-0.2, -0.15) is 0 Å². The Labute approximate surface area is 127 Å². The van der Waals surface area contributed by atoms with Crippen molar-refractivity contribution >= 4 is 23.3 Å². The van der Waals surface area contributed by atoms with Crippen LogP contribution in [0.15, 0.2) is 36.4 Å². The number of carbonyl (C=O) groups excluding carboxylic acids is 1. The van der Waals surface area contributed by atoms with E-state index in [9.17, 15) is 9.18 Å². The van der Waals surface area contributed by atoms with Crippen molar-refractivity contribution in [2.24, 2.45) is 0 Å². The zero-order chi connectivity index (χ0) is 15.4. The van der Waals surface area contributed by atoms with Crippen molar-refractivity contribution in [3.63, 3.8) is 0 Å². The molecule has 0 aliphatic rings. The topological polar surface area (TPSA) is 38.3 Å². The van der Waals surface area contributed by atoms with Crippen LogP contribution in [-0.2, 0) is 11.3 Å². The van der Waals surface area contributed by atoms with Crippen LogP contribution >= 0.6 is 11.6 Å². The maximum Gasteiger partial charge on any atom is 0.337 e. The molecule has 21 heavy (non-hydrogen) atoms. The molecule has 0 aromatic heterocycles. The number of aryl methyl sites for hydroxylation is 1. The molecule has 2 rings (SSSR count). The zero-order valence-electron chi connectivity index (χ0n) is 11.7. The smallest absolute Gasteiger partial charge is 0.337 e. The lowest BCUT2D eigenvalue weighted by Crippen LogP contribution is -2.05. The molecular formula is C16H15ClFNO2. The van der Waals surface area contributed by atoms with Gasteiger partial charge in [0.1, 0.15) is 5.82 Å². The summed E-state index contributed by atoms with van der Waals surface area (Å²) in [5, 5.41) is 3.51. The van der Waals surface area contributed by atoms with Crippen LogP contribution in [-0.4, -0.2) is 13.1 Å². The quantitative estimate of drug-likeness (QED) is 0.861. The monoisotopic (exact) mass is 307 g/mol. The van der Waals surface area contributed by atoms with Gasteiger partial charge in [0.15, 0.2) is 0 Å². The van der Waals surface area contributed by atoms with Gasteiger partial charge < -0.3 is 10.1 Å². The number of methoxy groups -OCH3 is 1. The number of esters is 1. The Morgan fingerprint density at radius 3 is 2.67 bits per heavy atom. The second-order valence-electron chi connectivity index (χ2n) is 4.61. The van der Waals surface area contributed by atoms with Crippen LogP contribution in [0.1, 0.15) is 21.5 Å². The van der Waals surface area contributed by atoms with E-state index in [2.05, 4.69) is 10.1 Å². The summed E-state index contributed by atoms with van der Waals surface area (Å²) in [5.74, 6) is -0.729. The molecule has 0 unspecified atom stereocenters. The number of nitrogens with one attached hydrogen (secondary N) is 1. The van der Waals surface area contributed by atoms with Crippen LogP contribution in [0.2, 0.25) is 5.02 Å². The fourth-order valence-electron chi connectivity index (χ4n) is 1.96. The van der Waals surface area contributed by atoms with Gasteiger partial charge >= 0.3 is 5.97 Å². The van der Waals surface area contributed by atoms with E-state index < -0.39 is 0 Å². The summed E-state index contributed by atoms with van der Waals surface area (Å²) < 4.78 is 18.3. The van der Waals surface area contributed by atoms with Gasteiger partial charge in [-0.1, -0.05) is 17.7 Å². The lowest BCUT2D eigenvalue weighted by Gasteiger charge is -2.11. The molecule has 0 saturated heterocycles. The van der Waals surface area contributed by atoms with E-state index in [0.717, 1.165) is 11.3 Å². The first kappa shape index (κ1) is 15.3. The Balaban J connectivity index is 2.11. The van der Waals surface area contributed by atoms with E-state index in [-0.39, 0.29) is 11.8 Å². The van der Waals surface area contributed by atoms with Crippen LogP contribution < -0.4 is 5.32 Å². The van der Waals surface area contributed by atoms with E-state index in [0.29, 0.717) is 22.7 Å². The van der Waals surface area contributed by atoms with E-state index in [1.165, 1.54) is 13.2 Å². The lowest BCUT2D eigenvalue weighted by molar-refractivity contribution is 0.0600. The molecule has 3 nitrogen and oxygen atoms in total. The molecule has 0 spiro atoms. The third-order valence-electron chi connectivity index (χ3n) is 3.13. The Hall–Kier alpha value is -2.07. The summed E-state index contributed by atoms with van der Waals surface area (Å²) in [6.45, 7) is 2.20. The number of anilines is 1. The van der Waals surface area contributed by atoms with Gasteiger partial charge in [0, 0.05) is 22.8 Å². The molecule has 0 heterocycles. The van der Waals surface area contributed by atoms with Crippen LogP contribution in [0.4, 0.5) is 10.1 Å². The van der Waals surface area contributed by atoms with Crippen molar-refractivity contribution in [1.82, 2.24) is 0 Å². The molecule has 1 N–H and O–H groups in total. The number of rotatable bonds is 4. The van der Waals surface area contributed by atoms with Gasteiger partial charge in [-0.3, -0.25) is 0 Å². The molecule has 0 atom stereocenters. The third kappa shape index (κ3) is 3.73. The summed E-state index contributed by atoms with van der Waals surface area (Å²) in [5.41, 5.74) is 2.72. The summed E-state index contributed by atoms with van der Waals surface area (Å²) in [7, 11) is 1.34. The number of benzene rings is 2. The highest BCUT2D eigenvalue weighted by Crippen LogP contribution is 2.20. The van der Waals surface area contributed by atoms with E-state index in [1.54, 1.807) is 30.3 Å². The van der Waals surface area contributed by atoms with Crippen molar-refractivity contribution in [1.29, 1.82) is 0 Å². The van der Waals surface area contributed by atoms with Crippen LogP contribution in [0.5, 0.6) is 0 Å². The highest BCUT2D eigenvalue weighted by Gasteiger charge is 2.08. The normalized spacial score (nSPS) is 10.3. The maximum atomic E-state index is 13.7. The van der Waals surface area contributed by atoms with Crippen LogP contribution in [0.25, 0.3) is 0 Å². The highest BCUT2D eigenvalue weighted by molar-refractivity contribution is 6.30. The third-order valence-corrected chi connectivity index (χ3v) is 3.37. The number of halogens is 2. The Kier molecular flexibility index (Phi) is 4.81. The second-order valence-corrected chi connectivity index (χ2v) is 5.05.